The van der Waals surface area contributed by atoms with Gasteiger partial charge in [-0.3, -0.25) is 9.69 Å². The Morgan fingerprint density at radius 3 is 2.49 bits per heavy atom. The van der Waals surface area contributed by atoms with Crippen LogP contribution in [0.4, 0.5) is 0 Å². The number of nitrogens with zero attached hydrogens (tertiary/aromatic N) is 4. The summed E-state index contributed by atoms with van der Waals surface area (Å²) < 4.78 is 13.6. The van der Waals surface area contributed by atoms with E-state index in [0.717, 1.165) is 71.3 Å². The quantitative estimate of drug-likeness (QED) is 0.241. The summed E-state index contributed by atoms with van der Waals surface area (Å²) in [6.45, 7) is 10.4. The Labute approximate surface area is 228 Å². The summed E-state index contributed by atoms with van der Waals surface area (Å²) >= 11 is 20.2. The average Bonchev–Trinajstić information content (AvgIpc) is 3.37. The summed E-state index contributed by atoms with van der Waals surface area (Å²) in [7, 11) is 0. The number of halogens is 3. The molecule has 3 heterocycles. The highest BCUT2D eigenvalue weighted by Gasteiger charge is 2.33. The summed E-state index contributed by atoms with van der Waals surface area (Å²) in [4.78, 5) is 20.2. The van der Waals surface area contributed by atoms with E-state index in [1.165, 1.54) is 25.3 Å². The van der Waals surface area contributed by atoms with Gasteiger partial charge in [0, 0.05) is 51.1 Å². The molecule has 3 saturated heterocycles. The van der Waals surface area contributed by atoms with Crippen molar-refractivity contribution >= 4 is 52.7 Å². The smallest absolute Gasteiger partial charge is 0.260 e. The number of hydrogen-bond donors (Lipinski definition) is 0. The van der Waals surface area contributed by atoms with Crippen LogP contribution in [0.1, 0.15) is 19.3 Å². The molecule has 1 atom stereocenters. The third-order valence-corrected chi connectivity index (χ3v) is 8.94. The number of rotatable bonds is 10. The lowest BCUT2D eigenvalue weighted by molar-refractivity contribution is -0.137. The van der Waals surface area contributed by atoms with Crippen molar-refractivity contribution in [1.29, 1.82) is 0 Å². The largest absolute Gasteiger partial charge is 0.482 e. The second-order valence-electron chi connectivity index (χ2n) is 9.26. The predicted molar refractivity (Wildman–Crippen MR) is 144 cm³/mol. The maximum atomic E-state index is 13.2. The summed E-state index contributed by atoms with van der Waals surface area (Å²) in [6.07, 6.45) is 3.64. The first kappa shape index (κ1) is 27.6. The third-order valence-electron chi connectivity index (χ3n) is 6.76. The maximum absolute atomic E-state index is 13.2. The number of piperazine rings is 1. The summed E-state index contributed by atoms with van der Waals surface area (Å²) in [5.74, 6) is 1.45. The van der Waals surface area contributed by atoms with E-state index < -0.39 is 0 Å². The van der Waals surface area contributed by atoms with Crippen molar-refractivity contribution in [3.63, 3.8) is 0 Å². The van der Waals surface area contributed by atoms with Gasteiger partial charge in [-0.05, 0) is 45.0 Å². The Kier molecular flexibility index (Phi) is 11.0. The van der Waals surface area contributed by atoms with Gasteiger partial charge in [-0.1, -0.05) is 46.8 Å². The molecule has 3 aliphatic heterocycles. The van der Waals surface area contributed by atoms with Crippen molar-refractivity contribution in [3.05, 3.63) is 27.2 Å². The normalized spacial score (nSPS) is 22.6. The zero-order valence-electron chi connectivity index (χ0n) is 20.1. The van der Waals surface area contributed by atoms with Gasteiger partial charge in [0.15, 0.2) is 6.61 Å². The fourth-order valence-electron chi connectivity index (χ4n) is 4.84. The summed E-state index contributed by atoms with van der Waals surface area (Å²) in [6, 6.07) is 3.25. The van der Waals surface area contributed by atoms with E-state index in [0.29, 0.717) is 27.4 Å². The molecule has 196 valence electrons. The number of carbonyl (C=O) groups is 1. The molecule has 0 N–H and O–H groups in total. The van der Waals surface area contributed by atoms with Crippen molar-refractivity contribution in [3.8, 4) is 5.75 Å². The predicted octanol–water partition coefficient (Wildman–Crippen LogP) is 4.00. The molecule has 0 bridgehead atoms. The van der Waals surface area contributed by atoms with Gasteiger partial charge in [-0.2, -0.15) is 0 Å². The SMILES string of the molecule is O=C(COc1cc(Cl)c(Cl)cc1Cl)N1CCN(SCCCN2CCOCC2)C[C@@H]1CN1CCCC1. The lowest BCUT2D eigenvalue weighted by Gasteiger charge is -2.42. The van der Waals surface area contributed by atoms with Crippen LogP contribution < -0.4 is 4.74 Å². The molecule has 3 fully saturated rings. The molecule has 0 unspecified atom stereocenters. The van der Waals surface area contributed by atoms with Gasteiger partial charge in [-0.25, -0.2) is 4.31 Å². The highest BCUT2D eigenvalue weighted by atomic mass is 35.5. The number of amides is 1. The molecule has 35 heavy (non-hydrogen) atoms. The Morgan fingerprint density at radius 1 is 0.971 bits per heavy atom. The van der Waals surface area contributed by atoms with Crippen molar-refractivity contribution < 1.29 is 14.3 Å². The van der Waals surface area contributed by atoms with E-state index in [-0.39, 0.29) is 18.6 Å². The first-order valence-electron chi connectivity index (χ1n) is 12.5. The van der Waals surface area contributed by atoms with Crippen molar-refractivity contribution in [2.75, 3.05) is 84.5 Å². The van der Waals surface area contributed by atoms with Crippen molar-refractivity contribution in [2.24, 2.45) is 0 Å². The van der Waals surface area contributed by atoms with Crippen molar-refractivity contribution in [2.45, 2.75) is 25.3 Å². The van der Waals surface area contributed by atoms with Gasteiger partial charge in [0.1, 0.15) is 5.75 Å². The van der Waals surface area contributed by atoms with Gasteiger partial charge in [-0.15, -0.1) is 0 Å². The molecule has 1 aromatic carbocycles. The molecule has 11 heteroatoms. The van der Waals surface area contributed by atoms with Crippen LogP contribution in [0.25, 0.3) is 0 Å². The molecule has 7 nitrogen and oxygen atoms in total. The molecule has 0 aromatic heterocycles. The number of carbonyl (C=O) groups excluding carboxylic acids is 1. The van der Waals surface area contributed by atoms with Gasteiger partial charge in [0.05, 0.1) is 34.3 Å². The molecule has 1 amide bonds. The topological polar surface area (TPSA) is 48.5 Å². The van der Waals surface area contributed by atoms with Crippen LogP contribution in [0.3, 0.4) is 0 Å². The maximum Gasteiger partial charge on any atom is 0.260 e. The minimum absolute atomic E-state index is 0.0201. The van der Waals surface area contributed by atoms with Crippen LogP contribution in [-0.2, 0) is 9.53 Å². The number of likely N-dealkylation sites (tertiary alicyclic amines) is 1. The molecule has 0 saturated carbocycles. The Morgan fingerprint density at radius 2 is 1.71 bits per heavy atom. The first-order chi connectivity index (χ1) is 17.0. The van der Waals surface area contributed by atoms with Crippen LogP contribution in [0.2, 0.25) is 15.1 Å². The van der Waals surface area contributed by atoms with E-state index in [1.54, 1.807) is 6.07 Å². The molecule has 0 aliphatic carbocycles. The molecule has 1 aromatic rings. The second-order valence-corrected chi connectivity index (χ2v) is 11.7. The highest BCUT2D eigenvalue weighted by molar-refractivity contribution is 7.97. The van der Waals surface area contributed by atoms with Crippen LogP contribution in [0.5, 0.6) is 5.75 Å². The molecule has 0 spiro atoms. The number of ether oxygens (including phenoxy) is 2. The Hall–Kier alpha value is -0.450. The number of morpholine rings is 1. The minimum Gasteiger partial charge on any atom is -0.482 e. The summed E-state index contributed by atoms with van der Waals surface area (Å²) in [5, 5.41) is 1.06. The Bertz CT molecular complexity index is 840. The highest BCUT2D eigenvalue weighted by Crippen LogP contribution is 2.34. The van der Waals surface area contributed by atoms with Crippen LogP contribution in [0.15, 0.2) is 12.1 Å². The van der Waals surface area contributed by atoms with Crippen LogP contribution >= 0.6 is 46.8 Å². The lowest BCUT2D eigenvalue weighted by Crippen LogP contribution is -2.58. The van der Waals surface area contributed by atoms with Gasteiger partial charge in [0.25, 0.3) is 5.91 Å². The average molecular weight is 566 g/mol. The van der Waals surface area contributed by atoms with E-state index >= 15 is 0 Å². The van der Waals surface area contributed by atoms with E-state index in [1.807, 2.05) is 16.8 Å². The van der Waals surface area contributed by atoms with Crippen LogP contribution in [0, 0.1) is 0 Å². The first-order valence-corrected chi connectivity index (χ1v) is 14.5. The minimum atomic E-state index is -0.0686. The molecule has 4 rings (SSSR count). The fourth-order valence-corrected chi connectivity index (χ4v) is 6.43. The molecular weight excluding hydrogens is 531 g/mol. The standard InChI is InChI=1S/C24H35Cl3N4O3S/c25-20-14-22(27)23(15-21(20)26)34-18-24(32)31-8-7-30(17-19(31)16-29-4-1-2-5-29)35-13-3-6-28-9-11-33-12-10-28/h14-15,19H,1-13,16-18H2/t19-/m0/s1. The van der Waals surface area contributed by atoms with E-state index in [9.17, 15) is 4.79 Å². The van der Waals surface area contributed by atoms with Crippen LogP contribution in [-0.4, -0.2) is 115 Å². The fraction of sp³-hybridized carbons (Fsp3) is 0.708. The van der Waals surface area contributed by atoms with Gasteiger partial charge >= 0.3 is 0 Å². The second kappa shape index (κ2) is 13.9. The zero-order valence-corrected chi connectivity index (χ0v) is 23.2. The number of benzene rings is 1. The monoisotopic (exact) mass is 564 g/mol. The lowest BCUT2D eigenvalue weighted by atomic mass is 10.1. The summed E-state index contributed by atoms with van der Waals surface area (Å²) in [5.41, 5.74) is 0. The zero-order chi connectivity index (χ0) is 24.6. The van der Waals surface area contributed by atoms with E-state index in [2.05, 4.69) is 14.1 Å². The van der Waals surface area contributed by atoms with E-state index in [4.69, 9.17) is 44.3 Å². The number of hydrogen-bond acceptors (Lipinski definition) is 7. The van der Waals surface area contributed by atoms with Crippen molar-refractivity contribution in [1.82, 2.24) is 19.0 Å². The Balaban J connectivity index is 1.28. The molecular formula is C24H35Cl3N4O3S. The third kappa shape index (κ3) is 8.27. The molecule has 0 radical (unpaired) electrons. The van der Waals surface area contributed by atoms with Gasteiger partial charge < -0.3 is 19.3 Å². The molecule has 3 aliphatic rings. The van der Waals surface area contributed by atoms with Gasteiger partial charge in [0.2, 0.25) is 0 Å².